The maximum absolute atomic E-state index is 13.5. The van der Waals surface area contributed by atoms with E-state index in [1.807, 2.05) is 31.2 Å². The van der Waals surface area contributed by atoms with Crippen molar-refractivity contribution in [1.82, 2.24) is 5.32 Å². The van der Waals surface area contributed by atoms with E-state index in [0.717, 1.165) is 17.2 Å². The van der Waals surface area contributed by atoms with Gasteiger partial charge in [0.25, 0.3) is 5.91 Å². The first kappa shape index (κ1) is 15.0. The Bertz CT molecular complexity index is 671. The fourth-order valence-corrected chi connectivity index (χ4v) is 2.04. The van der Waals surface area contributed by atoms with Crippen LogP contribution in [0.3, 0.4) is 0 Å². The van der Waals surface area contributed by atoms with Gasteiger partial charge in [-0.05, 0) is 30.5 Å². The molecule has 1 amide bonds. The first-order chi connectivity index (χ1) is 9.99. The topological polar surface area (TPSA) is 55.1 Å². The number of anilines is 1. The van der Waals surface area contributed by atoms with E-state index >= 15 is 0 Å². The maximum atomic E-state index is 13.5. The minimum atomic E-state index is -0.921. The van der Waals surface area contributed by atoms with Crippen LogP contribution in [-0.4, -0.2) is 12.5 Å². The zero-order valence-corrected chi connectivity index (χ0v) is 11.6. The SMILES string of the molecule is Cc1ccccc1CCNC(=O)c1cc(N)c(F)cc1F. The van der Waals surface area contributed by atoms with Crippen molar-refractivity contribution in [2.75, 3.05) is 12.3 Å². The molecule has 3 N–H and O–H groups in total. The highest BCUT2D eigenvalue weighted by Crippen LogP contribution is 2.16. The van der Waals surface area contributed by atoms with E-state index in [1.54, 1.807) is 0 Å². The van der Waals surface area contributed by atoms with Gasteiger partial charge in [-0.2, -0.15) is 0 Å². The second kappa shape index (κ2) is 6.35. The third-order valence-electron chi connectivity index (χ3n) is 3.27. The summed E-state index contributed by atoms with van der Waals surface area (Å²) in [5.74, 6) is -2.40. The number of benzene rings is 2. The molecule has 0 fully saturated rings. The third kappa shape index (κ3) is 3.56. The van der Waals surface area contributed by atoms with E-state index in [4.69, 9.17) is 5.73 Å². The largest absolute Gasteiger partial charge is 0.396 e. The van der Waals surface area contributed by atoms with Crippen molar-refractivity contribution in [2.24, 2.45) is 0 Å². The van der Waals surface area contributed by atoms with Gasteiger partial charge in [0.15, 0.2) is 0 Å². The summed E-state index contributed by atoms with van der Waals surface area (Å²) in [5.41, 5.74) is 7.08. The first-order valence-corrected chi connectivity index (χ1v) is 6.56. The number of hydrogen-bond donors (Lipinski definition) is 2. The van der Waals surface area contributed by atoms with Crippen LogP contribution < -0.4 is 11.1 Å². The first-order valence-electron chi connectivity index (χ1n) is 6.56. The quantitative estimate of drug-likeness (QED) is 0.851. The number of nitrogen functional groups attached to an aromatic ring is 1. The summed E-state index contributed by atoms with van der Waals surface area (Å²) in [4.78, 5) is 11.9. The Morgan fingerprint density at radius 2 is 1.90 bits per heavy atom. The molecule has 0 atom stereocenters. The Morgan fingerprint density at radius 1 is 1.19 bits per heavy atom. The Kier molecular flexibility index (Phi) is 4.52. The molecule has 2 aromatic rings. The molecule has 21 heavy (non-hydrogen) atoms. The number of rotatable bonds is 4. The summed E-state index contributed by atoms with van der Waals surface area (Å²) >= 11 is 0. The van der Waals surface area contributed by atoms with E-state index in [0.29, 0.717) is 19.0 Å². The molecular formula is C16H16F2N2O. The van der Waals surface area contributed by atoms with Crippen molar-refractivity contribution >= 4 is 11.6 Å². The van der Waals surface area contributed by atoms with Gasteiger partial charge >= 0.3 is 0 Å². The highest BCUT2D eigenvalue weighted by Gasteiger charge is 2.14. The molecule has 110 valence electrons. The fourth-order valence-electron chi connectivity index (χ4n) is 2.04. The second-order valence-corrected chi connectivity index (χ2v) is 4.79. The molecule has 0 aliphatic heterocycles. The molecule has 0 aliphatic carbocycles. The summed E-state index contributed by atoms with van der Waals surface area (Å²) in [6.07, 6.45) is 0.636. The molecule has 5 heteroatoms. The number of amides is 1. The number of carbonyl (C=O) groups excluding carboxylic acids is 1. The lowest BCUT2D eigenvalue weighted by molar-refractivity contribution is 0.0950. The molecule has 0 bridgehead atoms. The van der Waals surface area contributed by atoms with Crippen LogP contribution in [0, 0.1) is 18.6 Å². The summed E-state index contributed by atoms with van der Waals surface area (Å²) in [7, 11) is 0. The Balaban J connectivity index is 2.00. The van der Waals surface area contributed by atoms with Crippen LogP contribution in [0.1, 0.15) is 21.5 Å². The van der Waals surface area contributed by atoms with Crippen LogP contribution in [0.5, 0.6) is 0 Å². The lowest BCUT2D eigenvalue weighted by Gasteiger charge is -2.09. The van der Waals surface area contributed by atoms with E-state index < -0.39 is 17.5 Å². The van der Waals surface area contributed by atoms with Crippen LogP contribution >= 0.6 is 0 Å². The Hall–Kier alpha value is -2.43. The van der Waals surface area contributed by atoms with Gasteiger partial charge in [-0.25, -0.2) is 8.78 Å². The van der Waals surface area contributed by atoms with E-state index in [-0.39, 0.29) is 11.3 Å². The molecule has 0 aromatic heterocycles. The molecule has 0 saturated carbocycles. The van der Waals surface area contributed by atoms with Gasteiger partial charge < -0.3 is 11.1 Å². The number of nitrogens with one attached hydrogen (secondary N) is 1. The van der Waals surface area contributed by atoms with Crippen LogP contribution in [0.4, 0.5) is 14.5 Å². The monoisotopic (exact) mass is 290 g/mol. The minimum absolute atomic E-state index is 0.250. The predicted octanol–water partition coefficient (Wildman–Crippen LogP) is 2.83. The van der Waals surface area contributed by atoms with Crippen molar-refractivity contribution in [3.8, 4) is 0 Å². The smallest absolute Gasteiger partial charge is 0.254 e. The highest BCUT2D eigenvalue weighted by atomic mass is 19.1. The van der Waals surface area contributed by atoms with Gasteiger partial charge in [0.1, 0.15) is 11.6 Å². The standard InChI is InChI=1S/C16H16F2N2O/c1-10-4-2-3-5-11(10)6-7-20-16(21)12-8-15(19)14(18)9-13(12)17/h2-5,8-9H,6-7,19H2,1H3,(H,20,21). The van der Waals surface area contributed by atoms with Crippen molar-refractivity contribution in [1.29, 1.82) is 0 Å². The highest BCUT2D eigenvalue weighted by molar-refractivity contribution is 5.95. The molecule has 0 heterocycles. The molecular weight excluding hydrogens is 274 g/mol. The van der Waals surface area contributed by atoms with Gasteiger partial charge in [-0.3, -0.25) is 4.79 Å². The summed E-state index contributed by atoms with van der Waals surface area (Å²) in [6, 6.07) is 9.44. The van der Waals surface area contributed by atoms with Crippen LogP contribution in [0.2, 0.25) is 0 Å². The van der Waals surface area contributed by atoms with Crippen molar-refractivity contribution < 1.29 is 13.6 Å². The van der Waals surface area contributed by atoms with Gasteiger partial charge in [0.2, 0.25) is 0 Å². The number of nitrogens with two attached hydrogens (primary N) is 1. The zero-order valence-electron chi connectivity index (χ0n) is 11.6. The lowest BCUT2D eigenvalue weighted by atomic mass is 10.1. The summed E-state index contributed by atoms with van der Waals surface area (Å²) < 4.78 is 26.6. The van der Waals surface area contributed by atoms with Gasteiger partial charge in [-0.1, -0.05) is 24.3 Å². The Labute approximate surface area is 121 Å². The zero-order chi connectivity index (χ0) is 15.4. The van der Waals surface area contributed by atoms with Gasteiger partial charge in [0.05, 0.1) is 11.3 Å². The molecule has 0 unspecified atom stereocenters. The van der Waals surface area contributed by atoms with Crippen LogP contribution in [0.15, 0.2) is 36.4 Å². The number of aryl methyl sites for hydroxylation is 1. The predicted molar refractivity (Wildman–Crippen MR) is 78.0 cm³/mol. The summed E-state index contributed by atoms with van der Waals surface area (Å²) in [5, 5.41) is 2.61. The normalized spacial score (nSPS) is 10.4. The number of carbonyl (C=O) groups is 1. The van der Waals surface area contributed by atoms with Crippen molar-refractivity contribution in [3.63, 3.8) is 0 Å². The van der Waals surface area contributed by atoms with Crippen LogP contribution in [-0.2, 0) is 6.42 Å². The van der Waals surface area contributed by atoms with E-state index in [9.17, 15) is 13.6 Å². The molecule has 0 saturated heterocycles. The van der Waals surface area contributed by atoms with Crippen LogP contribution in [0.25, 0.3) is 0 Å². The lowest BCUT2D eigenvalue weighted by Crippen LogP contribution is -2.27. The molecule has 0 spiro atoms. The number of halogens is 2. The average molecular weight is 290 g/mol. The van der Waals surface area contributed by atoms with E-state index in [1.165, 1.54) is 0 Å². The fraction of sp³-hybridized carbons (Fsp3) is 0.188. The third-order valence-corrected chi connectivity index (χ3v) is 3.27. The summed E-state index contributed by atoms with van der Waals surface area (Å²) in [6.45, 7) is 2.35. The van der Waals surface area contributed by atoms with E-state index in [2.05, 4.69) is 5.32 Å². The average Bonchev–Trinajstić information content (AvgIpc) is 2.44. The second-order valence-electron chi connectivity index (χ2n) is 4.79. The molecule has 2 aromatic carbocycles. The Morgan fingerprint density at radius 3 is 2.62 bits per heavy atom. The van der Waals surface area contributed by atoms with Crippen molar-refractivity contribution in [2.45, 2.75) is 13.3 Å². The minimum Gasteiger partial charge on any atom is -0.396 e. The molecule has 0 aliphatic rings. The van der Waals surface area contributed by atoms with Gasteiger partial charge in [0, 0.05) is 12.6 Å². The van der Waals surface area contributed by atoms with Gasteiger partial charge in [-0.15, -0.1) is 0 Å². The molecule has 3 nitrogen and oxygen atoms in total. The molecule has 2 rings (SSSR count). The molecule has 0 radical (unpaired) electrons. The number of hydrogen-bond acceptors (Lipinski definition) is 2. The van der Waals surface area contributed by atoms with Crippen molar-refractivity contribution in [3.05, 3.63) is 64.7 Å². The maximum Gasteiger partial charge on any atom is 0.254 e.